The van der Waals surface area contributed by atoms with Gasteiger partial charge < -0.3 is 14.9 Å². The van der Waals surface area contributed by atoms with Crippen LogP contribution in [-0.4, -0.2) is 60.3 Å². The summed E-state index contributed by atoms with van der Waals surface area (Å²) < 4.78 is 0. The highest BCUT2D eigenvalue weighted by Gasteiger charge is 2.24. The summed E-state index contributed by atoms with van der Waals surface area (Å²) in [6.45, 7) is 13.6. The summed E-state index contributed by atoms with van der Waals surface area (Å²) in [6.07, 6.45) is 5.95. The third-order valence-corrected chi connectivity index (χ3v) is 4.65. The van der Waals surface area contributed by atoms with Crippen molar-refractivity contribution in [2.75, 3.05) is 39.3 Å². The van der Waals surface area contributed by atoms with Crippen molar-refractivity contribution in [1.29, 1.82) is 0 Å². The molecule has 19 heavy (non-hydrogen) atoms. The fraction of sp³-hybridized carbons (Fsp3) is 1.00. The van der Waals surface area contributed by atoms with Gasteiger partial charge in [0.2, 0.25) is 0 Å². The normalized spacial score (nSPS) is 24.3. The highest BCUT2D eigenvalue weighted by molar-refractivity contribution is 4.77. The summed E-state index contributed by atoms with van der Waals surface area (Å²) in [5.41, 5.74) is 0. The van der Waals surface area contributed by atoms with Crippen LogP contribution in [0.25, 0.3) is 0 Å². The molecule has 2 atom stereocenters. The van der Waals surface area contributed by atoms with Gasteiger partial charge in [-0.1, -0.05) is 33.6 Å². The average Bonchev–Trinajstić information content (AvgIpc) is 2.44. The van der Waals surface area contributed by atoms with E-state index in [1.807, 2.05) is 0 Å². The fourth-order valence-corrected chi connectivity index (χ4v) is 3.17. The number of nitrogens with zero attached hydrogens (tertiary/aromatic N) is 2. The molecule has 114 valence electrons. The molecule has 2 unspecified atom stereocenters. The van der Waals surface area contributed by atoms with Crippen molar-refractivity contribution in [1.82, 2.24) is 9.80 Å². The van der Waals surface area contributed by atoms with Crippen molar-refractivity contribution >= 4 is 0 Å². The molecular formula is C16H34N2O. The van der Waals surface area contributed by atoms with E-state index in [0.29, 0.717) is 5.92 Å². The van der Waals surface area contributed by atoms with Crippen LogP contribution >= 0.6 is 0 Å². The summed E-state index contributed by atoms with van der Waals surface area (Å²) >= 11 is 0. The largest absolute Gasteiger partial charge is 0.393 e. The Labute approximate surface area is 120 Å². The van der Waals surface area contributed by atoms with Crippen molar-refractivity contribution in [3.63, 3.8) is 0 Å². The first-order chi connectivity index (χ1) is 9.21. The minimum atomic E-state index is -0.0504. The highest BCUT2D eigenvalue weighted by atomic mass is 16.3. The molecular weight excluding hydrogens is 236 g/mol. The van der Waals surface area contributed by atoms with Gasteiger partial charge in [-0.3, -0.25) is 0 Å². The van der Waals surface area contributed by atoms with E-state index in [1.165, 1.54) is 38.8 Å². The molecule has 0 aromatic heterocycles. The summed E-state index contributed by atoms with van der Waals surface area (Å²) in [6, 6.07) is 0. The Kier molecular flexibility index (Phi) is 8.67. The van der Waals surface area contributed by atoms with E-state index in [9.17, 15) is 5.11 Å². The van der Waals surface area contributed by atoms with Crippen LogP contribution in [0.15, 0.2) is 0 Å². The third kappa shape index (κ3) is 6.24. The van der Waals surface area contributed by atoms with Crippen LogP contribution in [0.3, 0.4) is 0 Å². The zero-order valence-electron chi connectivity index (χ0n) is 13.3. The molecule has 0 bridgehead atoms. The quantitative estimate of drug-likeness (QED) is 0.697. The molecule has 1 aliphatic rings. The standard InChI is InChI=1S/C16H34N2O/c1-4-17(5-2)12-9-13-18(6-3)14-15-10-7-8-11-16(15)19/h15-16,19H,4-14H2,1-3H3. The Hall–Kier alpha value is -0.120. The molecule has 0 saturated heterocycles. The van der Waals surface area contributed by atoms with Crippen LogP contribution in [0.1, 0.15) is 52.9 Å². The minimum absolute atomic E-state index is 0.0504. The molecule has 0 radical (unpaired) electrons. The van der Waals surface area contributed by atoms with Crippen LogP contribution < -0.4 is 0 Å². The monoisotopic (exact) mass is 270 g/mol. The van der Waals surface area contributed by atoms with Crippen LogP contribution in [0.5, 0.6) is 0 Å². The van der Waals surface area contributed by atoms with Crippen molar-refractivity contribution in [2.24, 2.45) is 5.92 Å². The molecule has 1 rings (SSSR count). The SMILES string of the molecule is CCN(CC)CCCN(CC)CC1CCCCC1O. The van der Waals surface area contributed by atoms with Crippen molar-refractivity contribution in [2.45, 2.75) is 59.0 Å². The van der Waals surface area contributed by atoms with E-state index in [2.05, 4.69) is 30.6 Å². The van der Waals surface area contributed by atoms with Gasteiger partial charge in [0.15, 0.2) is 0 Å². The molecule has 3 heteroatoms. The van der Waals surface area contributed by atoms with Crippen molar-refractivity contribution in [3.05, 3.63) is 0 Å². The first kappa shape index (κ1) is 16.9. The van der Waals surface area contributed by atoms with Crippen molar-refractivity contribution < 1.29 is 5.11 Å². The van der Waals surface area contributed by atoms with Crippen LogP contribution in [0.2, 0.25) is 0 Å². The summed E-state index contributed by atoms with van der Waals surface area (Å²) in [5.74, 6) is 0.516. The summed E-state index contributed by atoms with van der Waals surface area (Å²) in [5, 5.41) is 10.1. The summed E-state index contributed by atoms with van der Waals surface area (Å²) in [7, 11) is 0. The molecule has 0 aromatic carbocycles. The van der Waals surface area contributed by atoms with Gasteiger partial charge in [0.05, 0.1) is 6.10 Å². The first-order valence-corrected chi connectivity index (χ1v) is 8.33. The number of aliphatic hydroxyl groups excluding tert-OH is 1. The van der Waals surface area contributed by atoms with E-state index in [0.717, 1.165) is 32.6 Å². The lowest BCUT2D eigenvalue weighted by Crippen LogP contribution is -2.38. The van der Waals surface area contributed by atoms with Crippen LogP contribution in [-0.2, 0) is 0 Å². The Morgan fingerprint density at radius 1 is 0.895 bits per heavy atom. The Morgan fingerprint density at radius 2 is 1.47 bits per heavy atom. The van der Waals surface area contributed by atoms with E-state index in [4.69, 9.17) is 0 Å². The van der Waals surface area contributed by atoms with Gasteiger partial charge in [-0.05, 0) is 57.9 Å². The molecule has 1 N–H and O–H groups in total. The first-order valence-electron chi connectivity index (χ1n) is 8.33. The van der Waals surface area contributed by atoms with E-state index < -0.39 is 0 Å². The fourth-order valence-electron chi connectivity index (χ4n) is 3.17. The Morgan fingerprint density at radius 3 is 2.05 bits per heavy atom. The summed E-state index contributed by atoms with van der Waals surface area (Å²) in [4.78, 5) is 5.02. The molecule has 1 aliphatic carbocycles. The smallest absolute Gasteiger partial charge is 0.0580 e. The maximum atomic E-state index is 10.1. The van der Waals surface area contributed by atoms with Gasteiger partial charge in [0, 0.05) is 6.54 Å². The number of aliphatic hydroxyl groups is 1. The van der Waals surface area contributed by atoms with Crippen LogP contribution in [0.4, 0.5) is 0 Å². The van der Waals surface area contributed by atoms with Gasteiger partial charge in [-0.2, -0.15) is 0 Å². The Balaban J connectivity index is 2.24. The second-order valence-electron chi connectivity index (χ2n) is 5.89. The van der Waals surface area contributed by atoms with Gasteiger partial charge in [0.1, 0.15) is 0 Å². The molecule has 0 amide bonds. The maximum Gasteiger partial charge on any atom is 0.0580 e. The second kappa shape index (κ2) is 9.73. The number of rotatable bonds is 9. The Bertz CT molecular complexity index is 219. The molecule has 1 fully saturated rings. The average molecular weight is 270 g/mol. The lowest BCUT2D eigenvalue weighted by atomic mass is 9.86. The molecule has 0 spiro atoms. The zero-order chi connectivity index (χ0) is 14.1. The topological polar surface area (TPSA) is 26.7 Å². The molecule has 0 heterocycles. The van der Waals surface area contributed by atoms with Gasteiger partial charge in [0.25, 0.3) is 0 Å². The van der Waals surface area contributed by atoms with Crippen LogP contribution in [0, 0.1) is 5.92 Å². The molecule has 0 aliphatic heterocycles. The number of hydrogen-bond acceptors (Lipinski definition) is 3. The molecule has 1 saturated carbocycles. The molecule has 0 aromatic rings. The predicted molar refractivity (Wildman–Crippen MR) is 82.5 cm³/mol. The maximum absolute atomic E-state index is 10.1. The van der Waals surface area contributed by atoms with E-state index in [1.54, 1.807) is 0 Å². The lowest BCUT2D eigenvalue weighted by Gasteiger charge is -2.32. The highest BCUT2D eigenvalue weighted by Crippen LogP contribution is 2.25. The third-order valence-electron chi connectivity index (χ3n) is 4.65. The lowest BCUT2D eigenvalue weighted by molar-refractivity contribution is 0.0467. The van der Waals surface area contributed by atoms with Gasteiger partial charge in [-0.25, -0.2) is 0 Å². The van der Waals surface area contributed by atoms with Gasteiger partial charge >= 0.3 is 0 Å². The van der Waals surface area contributed by atoms with Crippen molar-refractivity contribution in [3.8, 4) is 0 Å². The van der Waals surface area contributed by atoms with E-state index >= 15 is 0 Å². The molecule has 3 nitrogen and oxygen atoms in total. The van der Waals surface area contributed by atoms with E-state index in [-0.39, 0.29) is 6.10 Å². The van der Waals surface area contributed by atoms with Gasteiger partial charge in [-0.15, -0.1) is 0 Å². The zero-order valence-corrected chi connectivity index (χ0v) is 13.3. The minimum Gasteiger partial charge on any atom is -0.393 e. The predicted octanol–water partition coefficient (Wildman–Crippen LogP) is 2.59. The number of hydrogen-bond donors (Lipinski definition) is 1. The second-order valence-corrected chi connectivity index (χ2v) is 5.89.